The van der Waals surface area contributed by atoms with Crippen LogP contribution in [-0.4, -0.2) is 85.2 Å². The van der Waals surface area contributed by atoms with Crippen LogP contribution in [0.3, 0.4) is 0 Å². The zero-order chi connectivity index (χ0) is 36.3. The van der Waals surface area contributed by atoms with E-state index in [9.17, 15) is 14.0 Å². The molecule has 0 radical (unpaired) electrons. The van der Waals surface area contributed by atoms with Gasteiger partial charge in [0.25, 0.3) is 0 Å². The van der Waals surface area contributed by atoms with Crippen molar-refractivity contribution in [3.63, 3.8) is 0 Å². The summed E-state index contributed by atoms with van der Waals surface area (Å²) in [5.41, 5.74) is 5.24. The molecule has 0 aromatic heterocycles. The van der Waals surface area contributed by atoms with Crippen molar-refractivity contribution < 1.29 is 23.5 Å². The minimum absolute atomic E-state index is 0.0295. The minimum Gasteiger partial charge on any atom is -0.494 e. The van der Waals surface area contributed by atoms with Crippen LogP contribution in [0.5, 0.6) is 5.75 Å². The largest absolute Gasteiger partial charge is 0.494 e. The quantitative estimate of drug-likeness (QED) is 0.155. The van der Waals surface area contributed by atoms with E-state index in [0.717, 1.165) is 55.0 Å². The van der Waals surface area contributed by atoms with Gasteiger partial charge in [-0.1, -0.05) is 78.3 Å². The minimum atomic E-state index is -0.692. The maximum Gasteiger partial charge on any atom is 0.408 e. The summed E-state index contributed by atoms with van der Waals surface area (Å²) < 4.78 is 25.4. The molecule has 6 rings (SSSR count). The van der Waals surface area contributed by atoms with Gasteiger partial charge >= 0.3 is 6.09 Å². The SMILES string of the molecule is CCOc1ccc(F)cc1CN1CCN(C(=O)[C@H](NC(=O)OCc2ccccc2)C2CCN(CCc3cc(Cl)ccc3-c3ccccc3)CC2)CC1. The zero-order valence-electron chi connectivity index (χ0n) is 29.8. The van der Waals surface area contributed by atoms with Crippen molar-refractivity contribution in [3.05, 3.63) is 125 Å². The first-order chi connectivity index (χ1) is 25.4. The number of likely N-dealkylation sites (tertiary alicyclic amines) is 1. The van der Waals surface area contributed by atoms with Gasteiger partial charge < -0.3 is 24.6 Å². The molecule has 0 spiro atoms. The molecule has 8 nitrogen and oxygen atoms in total. The van der Waals surface area contributed by atoms with Gasteiger partial charge in [0.1, 0.15) is 24.2 Å². The number of rotatable bonds is 13. The lowest BCUT2D eigenvalue weighted by molar-refractivity contribution is -0.137. The Labute approximate surface area is 311 Å². The second-order valence-corrected chi connectivity index (χ2v) is 14.0. The molecule has 2 amide bonds. The summed E-state index contributed by atoms with van der Waals surface area (Å²) in [6.45, 7) is 7.86. The molecule has 2 fully saturated rings. The number of piperidine rings is 1. The van der Waals surface area contributed by atoms with Crippen LogP contribution in [0.25, 0.3) is 11.1 Å². The summed E-state index contributed by atoms with van der Waals surface area (Å²) in [7, 11) is 0. The van der Waals surface area contributed by atoms with E-state index in [0.29, 0.717) is 45.1 Å². The Bertz CT molecular complexity index is 1760. The van der Waals surface area contributed by atoms with Crippen molar-refractivity contribution in [2.24, 2.45) is 5.92 Å². The number of carbonyl (C=O) groups excluding carboxylic acids is 2. The normalized spacial score (nSPS) is 16.3. The number of carbonyl (C=O) groups is 2. The molecule has 0 bridgehead atoms. The molecule has 1 atom stereocenters. The first-order valence-corrected chi connectivity index (χ1v) is 18.7. The molecule has 2 aliphatic heterocycles. The van der Waals surface area contributed by atoms with Crippen LogP contribution in [-0.2, 0) is 29.1 Å². The van der Waals surface area contributed by atoms with Crippen LogP contribution in [0.2, 0.25) is 5.02 Å². The highest BCUT2D eigenvalue weighted by molar-refractivity contribution is 6.30. The van der Waals surface area contributed by atoms with E-state index in [1.807, 2.05) is 66.4 Å². The van der Waals surface area contributed by atoms with Gasteiger partial charge in [-0.15, -0.1) is 0 Å². The van der Waals surface area contributed by atoms with Gasteiger partial charge in [-0.05, 0) is 97.8 Å². The van der Waals surface area contributed by atoms with E-state index in [1.165, 1.54) is 28.8 Å². The molecular weight excluding hydrogens is 679 g/mol. The fourth-order valence-electron chi connectivity index (χ4n) is 7.26. The predicted molar refractivity (Wildman–Crippen MR) is 203 cm³/mol. The molecule has 0 aliphatic carbocycles. The Kier molecular flexibility index (Phi) is 13.2. The maximum absolute atomic E-state index is 14.2. The molecule has 2 saturated heterocycles. The molecule has 0 unspecified atom stereocenters. The lowest BCUT2D eigenvalue weighted by Crippen LogP contribution is -2.58. The molecule has 2 heterocycles. The lowest BCUT2D eigenvalue weighted by atomic mass is 9.88. The lowest BCUT2D eigenvalue weighted by Gasteiger charge is -2.40. The second kappa shape index (κ2) is 18.4. The van der Waals surface area contributed by atoms with Crippen molar-refractivity contribution in [1.29, 1.82) is 0 Å². The summed E-state index contributed by atoms with van der Waals surface area (Å²) in [6, 6.07) is 29.9. The van der Waals surface area contributed by atoms with Crippen molar-refractivity contribution >= 4 is 23.6 Å². The van der Waals surface area contributed by atoms with Crippen LogP contribution >= 0.6 is 11.6 Å². The number of nitrogens with zero attached hydrogens (tertiary/aromatic N) is 3. The number of hydrogen-bond acceptors (Lipinski definition) is 6. The van der Waals surface area contributed by atoms with E-state index in [-0.39, 0.29) is 24.2 Å². The number of halogens is 2. The van der Waals surface area contributed by atoms with Crippen molar-refractivity contribution in [1.82, 2.24) is 20.0 Å². The van der Waals surface area contributed by atoms with Crippen LogP contribution in [0.1, 0.15) is 36.5 Å². The second-order valence-electron chi connectivity index (χ2n) is 13.6. The summed E-state index contributed by atoms with van der Waals surface area (Å²) in [4.78, 5) is 33.8. The number of benzene rings is 4. The third-order valence-corrected chi connectivity index (χ3v) is 10.3. The smallest absolute Gasteiger partial charge is 0.408 e. The zero-order valence-corrected chi connectivity index (χ0v) is 30.6. The average molecular weight is 727 g/mol. The molecule has 0 saturated carbocycles. The fraction of sp³-hybridized carbons (Fsp3) is 0.381. The van der Waals surface area contributed by atoms with Crippen molar-refractivity contribution in [3.8, 4) is 16.9 Å². The number of hydrogen-bond donors (Lipinski definition) is 1. The average Bonchev–Trinajstić information content (AvgIpc) is 3.17. The van der Waals surface area contributed by atoms with E-state index >= 15 is 0 Å². The highest BCUT2D eigenvalue weighted by Crippen LogP contribution is 2.29. The number of alkyl carbamates (subject to hydrolysis) is 1. The van der Waals surface area contributed by atoms with Gasteiger partial charge in [0.15, 0.2) is 0 Å². The Morgan fingerprint density at radius 2 is 1.56 bits per heavy atom. The van der Waals surface area contributed by atoms with Gasteiger partial charge in [-0.25, -0.2) is 9.18 Å². The standard InChI is InChI=1S/C42H48ClFN4O4/c1-2-51-39-16-14-37(44)28-35(39)29-47-23-25-48(26-24-47)41(49)40(45-42(50)52-30-31-9-5-3-6-10-31)33-17-20-46(21-18-33)22-19-34-27-36(43)13-15-38(34)32-11-7-4-8-12-32/h3-16,27-28,33,40H,2,17-26,29-30H2,1H3,(H,45,50)/t40-/m1/s1. The van der Waals surface area contributed by atoms with Crippen LogP contribution in [0.4, 0.5) is 9.18 Å². The highest BCUT2D eigenvalue weighted by Gasteiger charge is 2.36. The summed E-state index contributed by atoms with van der Waals surface area (Å²) in [5.74, 6) is 0.268. The van der Waals surface area contributed by atoms with Gasteiger partial charge in [0.05, 0.1) is 6.61 Å². The van der Waals surface area contributed by atoms with Crippen LogP contribution in [0.15, 0.2) is 97.1 Å². The Morgan fingerprint density at radius 3 is 2.27 bits per heavy atom. The molecular formula is C42H48ClFN4O4. The molecule has 4 aromatic rings. The Morgan fingerprint density at radius 1 is 0.846 bits per heavy atom. The molecule has 274 valence electrons. The van der Waals surface area contributed by atoms with Crippen molar-refractivity contribution in [2.75, 3.05) is 52.4 Å². The number of amides is 2. The third kappa shape index (κ3) is 10.1. The first-order valence-electron chi connectivity index (χ1n) is 18.3. The van der Waals surface area contributed by atoms with Gasteiger partial charge in [0.2, 0.25) is 5.91 Å². The molecule has 10 heteroatoms. The molecule has 2 aliphatic rings. The number of piperazine rings is 1. The summed E-state index contributed by atoms with van der Waals surface area (Å²) in [5, 5.41) is 3.71. The van der Waals surface area contributed by atoms with E-state index < -0.39 is 12.1 Å². The molecule has 4 aromatic carbocycles. The van der Waals surface area contributed by atoms with Gasteiger partial charge in [-0.2, -0.15) is 0 Å². The fourth-order valence-corrected chi connectivity index (χ4v) is 7.46. The van der Waals surface area contributed by atoms with Crippen molar-refractivity contribution in [2.45, 2.75) is 45.4 Å². The predicted octanol–water partition coefficient (Wildman–Crippen LogP) is 7.44. The maximum atomic E-state index is 14.2. The molecule has 1 N–H and O–H groups in total. The first kappa shape index (κ1) is 37.3. The highest BCUT2D eigenvalue weighted by atomic mass is 35.5. The van der Waals surface area contributed by atoms with Crippen LogP contribution in [0, 0.1) is 11.7 Å². The summed E-state index contributed by atoms with van der Waals surface area (Å²) in [6.07, 6.45) is 1.81. The van der Waals surface area contributed by atoms with E-state index in [4.69, 9.17) is 21.1 Å². The van der Waals surface area contributed by atoms with Gasteiger partial charge in [-0.3, -0.25) is 9.69 Å². The third-order valence-electron chi connectivity index (χ3n) is 10.1. The monoisotopic (exact) mass is 726 g/mol. The number of nitrogens with one attached hydrogen (secondary N) is 1. The summed E-state index contributed by atoms with van der Waals surface area (Å²) >= 11 is 6.42. The Hall–Kier alpha value is -4.44. The molecule has 52 heavy (non-hydrogen) atoms. The van der Waals surface area contributed by atoms with E-state index in [1.54, 1.807) is 6.07 Å². The van der Waals surface area contributed by atoms with Gasteiger partial charge in [0, 0.05) is 49.9 Å². The van der Waals surface area contributed by atoms with E-state index in [2.05, 4.69) is 39.4 Å². The van der Waals surface area contributed by atoms with Crippen LogP contribution < -0.4 is 10.1 Å². The topological polar surface area (TPSA) is 74.3 Å². The number of ether oxygens (including phenoxy) is 2. The Balaban J connectivity index is 1.08.